The normalized spacial score (nSPS) is 29.8. The van der Waals surface area contributed by atoms with Crippen molar-refractivity contribution in [2.75, 3.05) is 0 Å². The molecule has 2 saturated heterocycles. The van der Waals surface area contributed by atoms with E-state index in [2.05, 4.69) is 82.0 Å². The second kappa shape index (κ2) is 15.3. The molecule has 0 unspecified atom stereocenters. The minimum Gasteiger partial charge on any atom is -0.409 e. The van der Waals surface area contributed by atoms with Crippen molar-refractivity contribution in [2.45, 2.75) is 113 Å². The maximum absolute atomic E-state index is 6.77. The minimum atomic E-state index is -1.85. The number of thioether (sulfide) groups is 1. The first kappa shape index (κ1) is 32.4. The van der Waals surface area contributed by atoms with Gasteiger partial charge in [0.1, 0.15) is 11.5 Å². The molecule has 0 amide bonds. The number of rotatable bonds is 12. The van der Waals surface area contributed by atoms with Crippen LogP contribution in [-0.4, -0.2) is 56.7 Å². The van der Waals surface area contributed by atoms with Crippen LogP contribution in [-0.2, 0) is 41.3 Å². The molecule has 232 valence electrons. The summed E-state index contributed by atoms with van der Waals surface area (Å²) in [4.78, 5) is 1.18. The summed E-state index contributed by atoms with van der Waals surface area (Å²) in [6, 6.07) is 30.9. The zero-order valence-electron chi connectivity index (χ0n) is 26.0. The Balaban J connectivity index is 1.29. The lowest BCUT2D eigenvalue weighted by atomic mass is 10.0. The molecule has 3 aromatic carbocycles. The fourth-order valence-corrected chi connectivity index (χ4v) is 7.94. The molecular weight excluding hydrogens is 577 g/mol. The van der Waals surface area contributed by atoms with Crippen LogP contribution in [0.15, 0.2) is 95.9 Å². The number of hydrogen-bond donors (Lipinski definition) is 0. The number of benzene rings is 3. The first-order valence-electron chi connectivity index (χ1n) is 15.4. The summed E-state index contributed by atoms with van der Waals surface area (Å²) in [5, 5.41) is 0. The van der Waals surface area contributed by atoms with Gasteiger partial charge in [-0.05, 0) is 56.7 Å². The van der Waals surface area contributed by atoms with Gasteiger partial charge in [0.05, 0.1) is 43.7 Å². The summed E-state index contributed by atoms with van der Waals surface area (Å²) in [5.74, 6) is 0. The van der Waals surface area contributed by atoms with Crippen molar-refractivity contribution >= 4 is 20.1 Å². The Morgan fingerprint density at radius 3 is 1.74 bits per heavy atom. The van der Waals surface area contributed by atoms with Crippen molar-refractivity contribution in [3.63, 3.8) is 0 Å². The summed E-state index contributed by atoms with van der Waals surface area (Å²) in [5.41, 5.74) is 2.23. The van der Waals surface area contributed by atoms with Gasteiger partial charge in [0, 0.05) is 17.7 Å². The highest BCUT2D eigenvalue weighted by molar-refractivity contribution is 7.99. The largest absolute Gasteiger partial charge is 0.409 e. The van der Waals surface area contributed by atoms with Crippen molar-refractivity contribution < 1.29 is 28.1 Å². The Kier molecular flexibility index (Phi) is 11.5. The minimum absolute atomic E-state index is 0.0410. The van der Waals surface area contributed by atoms with E-state index >= 15 is 0 Å². The van der Waals surface area contributed by atoms with Crippen molar-refractivity contribution in [3.05, 3.63) is 102 Å². The van der Waals surface area contributed by atoms with E-state index in [9.17, 15) is 0 Å². The van der Waals surface area contributed by atoms with Crippen molar-refractivity contribution in [1.82, 2.24) is 0 Å². The lowest BCUT2D eigenvalue weighted by Gasteiger charge is -2.46. The molecule has 2 aliphatic heterocycles. The third-order valence-electron chi connectivity index (χ3n) is 7.66. The Bertz CT molecular complexity index is 1230. The van der Waals surface area contributed by atoms with Crippen LogP contribution in [0.4, 0.5) is 0 Å². The standard InChI is InChI=1S/C35H46O6SSi/c1-25-34(31(37-24-28-17-11-7-12-18-28)22-33(39-25)42-29-19-13-8-14-20-29)40-32-21-30(36-23-27-15-9-6-10-16-27)35(26(2)38-32)41-43(3,4)5/h6-20,25-26,30-35H,21-24H2,1-5H3/t25-,26-,30-,31-,32-,33-,34+,35+/m0/s1. The first-order chi connectivity index (χ1) is 20.7. The van der Waals surface area contributed by atoms with Gasteiger partial charge in [-0.25, -0.2) is 0 Å². The second-order valence-corrected chi connectivity index (χ2v) is 18.1. The van der Waals surface area contributed by atoms with Crippen LogP contribution >= 0.6 is 11.8 Å². The average Bonchev–Trinajstić information content (AvgIpc) is 2.99. The van der Waals surface area contributed by atoms with Crippen LogP contribution < -0.4 is 0 Å². The maximum atomic E-state index is 6.77. The second-order valence-electron chi connectivity index (χ2n) is 12.4. The topological polar surface area (TPSA) is 55.4 Å². The Labute approximate surface area is 262 Å². The Morgan fingerprint density at radius 2 is 1.19 bits per heavy atom. The van der Waals surface area contributed by atoms with Crippen LogP contribution in [0.5, 0.6) is 0 Å². The van der Waals surface area contributed by atoms with E-state index in [1.807, 2.05) is 42.5 Å². The molecule has 5 rings (SSSR count). The van der Waals surface area contributed by atoms with Gasteiger partial charge >= 0.3 is 0 Å². The van der Waals surface area contributed by atoms with E-state index in [1.165, 1.54) is 4.90 Å². The molecule has 8 atom stereocenters. The van der Waals surface area contributed by atoms with E-state index < -0.39 is 14.6 Å². The Morgan fingerprint density at radius 1 is 0.674 bits per heavy atom. The molecule has 8 heteroatoms. The average molecular weight is 623 g/mol. The molecule has 0 aromatic heterocycles. The van der Waals surface area contributed by atoms with Crippen LogP contribution in [0.3, 0.4) is 0 Å². The highest BCUT2D eigenvalue weighted by Crippen LogP contribution is 2.37. The summed E-state index contributed by atoms with van der Waals surface area (Å²) >= 11 is 1.73. The lowest BCUT2D eigenvalue weighted by molar-refractivity contribution is -0.296. The van der Waals surface area contributed by atoms with Crippen LogP contribution in [0.25, 0.3) is 0 Å². The molecule has 0 radical (unpaired) electrons. The predicted octanol–water partition coefficient (Wildman–Crippen LogP) is 7.82. The maximum Gasteiger partial charge on any atom is 0.184 e. The predicted molar refractivity (Wildman–Crippen MR) is 173 cm³/mol. The molecule has 43 heavy (non-hydrogen) atoms. The zero-order chi connectivity index (χ0) is 30.2. The highest BCUT2D eigenvalue weighted by atomic mass is 32.2. The van der Waals surface area contributed by atoms with Crippen LogP contribution in [0, 0.1) is 0 Å². The fraction of sp³-hybridized carbons (Fsp3) is 0.486. The van der Waals surface area contributed by atoms with Gasteiger partial charge in [-0.2, -0.15) is 0 Å². The van der Waals surface area contributed by atoms with E-state index in [0.29, 0.717) is 26.1 Å². The smallest absolute Gasteiger partial charge is 0.184 e. The first-order valence-corrected chi connectivity index (χ1v) is 19.7. The van der Waals surface area contributed by atoms with Gasteiger partial charge < -0.3 is 28.1 Å². The third kappa shape index (κ3) is 9.74. The van der Waals surface area contributed by atoms with Gasteiger partial charge in [0.15, 0.2) is 14.6 Å². The van der Waals surface area contributed by atoms with E-state index in [4.69, 9.17) is 28.1 Å². The van der Waals surface area contributed by atoms with Crippen LogP contribution in [0.2, 0.25) is 19.6 Å². The summed E-state index contributed by atoms with van der Waals surface area (Å²) in [6.07, 6.45) is -0.332. The van der Waals surface area contributed by atoms with Gasteiger partial charge in [0.2, 0.25) is 0 Å². The van der Waals surface area contributed by atoms with Gasteiger partial charge in [0.25, 0.3) is 0 Å². The summed E-state index contributed by atoms with van der Waals surface area (Å²) in [7, 11) is -1.85. The molecule has 0 aliphatic carbocycles. The third-order valence-corrected chi connectivity index (χ3v) is 9.75. The van der Waals surface area contributed by atoms with Gasteiger partial charge in [-0.3, -0.25) is 0 Å². The molecule has 0 spiro atoms. The molecule has 0 saturated carbocycles. The van der Waals surface area contributed by atoms with Crippen molar-refractivity contribution in [2.24, 2.45) is 0 Å². The number of ether oxygens (including phenoxy) is 5. The molecule has 0 N–H and O–H groups in total. The number of hydrogen-bond acceptors (Lipinski definition) is 7. The molecule has 0 bridgehead atoms. The molecule has 6 nitrogen and oxygen atoms in total. The quantitative estimate of drug-likeness (QED) is 0.191. The molecule has 2 heterocycles. The zero-order valence-corrected chi connectivity index (χ0v) is 27.8. The fourth-order valence-electron chi connectivity index (χ4n) is 5.65. The van der Waals surface area contributed by atoms with E-state index in [-0.39, 0.29) is 42.1 Å². The van der Waals surface area contributed by atoms with E-state index in [0.717, 1.165) is 11.1 Å². The van der Waals surface area contributed by atoms with Crippen LogP contribution in [0.1, 0.15) is 37.8 Å². The van der Waals surface area contributed by atoms with E-state index in [1.54, 1.807) is 11.8 Å². The summed E-state index contributed by atoms with van der Waals surface area (Å²) < 4.78 is 39.5. The monoisotopic (exact) mass is 622 g/mol. The van der Waals surface area contributed by atoms with Crippen molar-refractivity contribution in [1.29, 1.82) is 0 Å². The van der Waals surface area contributed by atoms with Gasteiger partial charge in [-0.15, -0.1) is 0 Å². The molecule has 3 aromatic rings. The highest BCUT2D eigenvalue weighted by Gasteiger charge is 2.45. The summed E-state index contributed by atoms with van der Waals surface area (Å²) in [6.45, 7) is 11.8. The Hall–Kier alpha value is -2.01. The molecule has 2 fully saturated rings. The lowest BCUT2D eigenvalue weighted by Crippen LogP contribution is -2.56. The molecular formula is C35H46O6SSi. The van der Waals surface area contributed by atoms with Gasteiger partial charge in [-0.1, -0.05) is 90.6 Å². The molecule has 2 aliphatic rings. The SMILES string of the molecule is C[C@@H]1O[C@@H](O[C@@H]2[C@H](C)O[C@@H](Sc3ccccc3)C[C@@H]2OCc2ccccc2)C[C@H](OCc2ccccc2)[C@@H]1O[Si](C)(C)C. The van der Waals surface area contributed by atoms with Crippen molar-refractivity contribution in [3.8, 4) is 0 Å².